The first-order valence-electron chi connectivity index (χ1n) is 15.2. The Balaban J connectivity index is 1.56. The van der Waals surface area contributed by atoms with Gasteiger partial charge in [0.1, 0.15) is 11.9 Å². The number of nitrogens with zero attached hydrogens (tertiary/aromatic N) is 1. The van der Waals surface area contributed by atoms with Crippen LogP contribution in [0.1, 0.15) is 84.3 Å². The second-order valence-corrected chi connectivity index (χ2v) is 13.3. The highest BCUT2D eigenvalue weighted by atomic mass is 19.4. The van der Waals surface area contributed by atoms with E-state index in [1.54, 1.807) is 0 Å². The molecule has 15 heteroatoms. The lowest BCUT2D eigenvalue weighted by Gasteiger charge is -2.35. The Labute approximate surface area is 279 Å². The molecule has 5 nitrogen and oxygen atoms in total. The van der Waals surface area contributed by atoms with Gasteiger partial charge in [-0.25, -0.2) is 9.18 Å². The molecule has 3 aromatic rings. The molecule has 0 saturated carbocycles. The average molecular weight is 717 g/mol. The van der Waals surface area contributed by atoms with E-state index >= 15 is 4.39 Å². The van der Waals surface area contributed by atoms with Crippen LogP contribution in [0.2, 0.25) is 0 Å². The molecule has 1 fully saturated rings. The Kier molecular flexibility index (Phi) is 9.28. The number of allylic oxidation sites excluding steroid dienone is 1. The first kappa shape index (κ1) is 36.7. The number of alkyl halides is 9. The van der Waals surface area contributed by atoms with Crippen molar-refractivity contribution in [1.29, 1.82) is 0 Å². The molecule has 1 aliphatic carbocycles. The number of benzene rings is 3. The van der Waals surface area contributed by atoms with Crippen LogP contribution in [-0.4, -0.2) is 29.5 Å². The molecule has 3 aromatic carbocycles. The number of nitrogens with two attached hydrogens (primary N) is 1. The molecule has 1 aliphatic heterocycles. The van der Waals surface area contributed by atoms with E-state index in [0.29, 0.717) is 35.8 Å². The van der Waals surface area contributed by atoms with E-state index < -0.39 is 76.2 Å². The summed E-state index contributed by atoms with van der Waals surface area (Å²) in [6.45, 7) is 4.96. The van der Waals surface area contributed by atoms with Crippen molar-refractivity contribution in [3.05, 3.63) is 99.4 Å². The molecule has 1 heterocycles. The molecular formula is C35H30F10N2O3. The fourth-order valence-electron chi connectivity index (χ4n) is 6.51. The first-order chi connectivity index (χ1) is 23.0. The smallest absolute Gasteiger partial charge is 0.417 e. The highest BCUT2D eigenvalue weighted by Gasteiger charge is 2.44. The molecule has 0 spiro atoms. The molecule has 5 rings (SSSR count). The molecule has 0 aromatic heterocycles. The van der Waals surface area contributed by atoms with Crippen LogP contribution in [0.3, 0.4) is 0 Å². The summed E-state index contributed by atoms with van der Waals surface area (Å²) in [4.78, 5) is 25.9. The number of amides is 2. The van der Waals surface area contributed by atoms with Crippen molar-refractivity contribution in [3.8, 4) is 11.1 Å². The van der Waals surface area contributed by atoms with Gasteiger partial charge in [0.2, 0.25) is 5.91 Å². The summed E-state index contributed by atoms with van der Waals surface area (Å²) in [5, 5.41) is 0. The first-order valence-corrected chi connectivity index (χ1v) is 15.2. The predicted molar refractivity (Wildman–Crippen MR) is 162 cm³/mol. The van der Waals surface area contributed by atoms with Crippen molar-refractivity contribution in [1.82, 2.24) is 4.90 Å². The summed E-state index contributed by atoms with van der Waals surface area (Å²) in [6, 6.07) is 6.03. The zero-order valence-corrected chi connectivity index (χ0v) is 26.7. The number of rotatable bonds is 6. The molecule has 2 N–H and O–H groups in total. The lowest BCUT2D eigenvalue weighted by Crippen LogP contribution is -2.35. The molecular weight excluding hydrogens is 686 g/mol. The number of carbonyl (C=O) groups is 2. The predicted octanol–water partition coefficient (Wildman–Crippen LogP) is 10.2. The van der Waals surface area contributed by atoms with Gasteiger partial charge < -0.3 is 10.5 Å². The molecule has 0 unspecified atom stereocenters. The second kappa shape index (κ2) is 12.6. The van der Waals surface area contributed by atoms with Crippen molar-refractivity contribution in [2.24, 2.45) is 11.1 Å². The van der Waals surface area contributed by atoms with Crippen LogP contribution in [0.5, 0.6) is 0 Å². The summed E-state index contributed by atoms with van der Waals surface area (Å²) < 4.78 is 144. The number of hydrogen-bond acceptors (Lipinski definition) is 3. The van der Waals surface area contributed by atoms with Crippen LogP contribution < -0.4 is 5.73 Å². The molecule has 0 radical (unpaired) electrons. The third-order valence-electron chi connectivity index (χ3n) is 9.07. The fourth-order valence-corrected chi connectivity index (χ4v) is 6.51. The second-order valence-electron chi connectivity index (χ2n) is 13.3. The van der Waals surface area contributed by atoms with Crippen LogP contribution in [0.15, 0.2) is 60.2 Å². The van der Waals surface area contributed by atoms with Gasteiger partial charge in [0, 0.05) is 17.7 Å². The molecule has 1 saturated heterocycles. The zero-order valence-electron chi connectivity index (χ0n) is 26.7. The maximum absolute atomic E-state index is 15.6. The van der Waals surface area contributed by atoms with Crippen molar-refractivity contribution in [2.75, 3.05) is 6.54 Å². The highest BCUT2D eigenvalue weighted by molar-refractivity contribution is 5.94. The summed E-state index contributed by atoms with van der Waals surface area (Å²) in [5.74, 6) is -1.85. The van der Waals surface area contributed by atoms with Crippen molar-refractivity contribution < 1.29 is 58.2 Å². The lowest BCUT2D eigenvalue weighted by molar-refractivity contribution is -0.143. The molecule has 50 heavy (non-hydrogen) atoms. The molecule has 0 bridgehead atoms. The Hall–Kier alpha value is -4.56. The third-order valence-corrected chi connectivity index (χ3v) is 9.07. The van der Waals surface area contributed by atoms with Crippen LogP contribution in [0.25, 0.3) is 16.7 Å². The van der Waals surface area contributed by atoms with E-state index in [-0.39, 0.29) is 47.7 Å². The zero-order chi connectivity index (χ0) is 37.1. The Morgan fingerprint density at radius 1 is 0.880 bits per heavy atom. The molecule has 268 valence electrons. The van der Waals surface area contributed by atoms with Crippen LogP contribution in [-0.2, 0) is 23.3 Å². The van der Waals surface area contributed by atoms with E-state index in [0.717, 1.165) is 29.2 Å². The van der Waals surface area contributed by atoms with Gasteiger partial charge in [-0.15, -0.1) is 0 Å². The SMILES string of the molecule is C[C@H]1[C@@H](c2cc(C(F)(F)F)cc(C(F)(F)F)c2)OC(=O)N1CC1=C(c2cc(-c3ccc(C(N)=O)cc3C(F)(F)F)ccc2F)CCC(C)(C)C1. The highest BCUT2D eigenvalue weighted by Crippen LogP contribution is 2.47. The van der Waals surface area contributed by atoms with Crippen LogP contribution >= 0.6 is 0 Å². The lowest BCUT2D eigenvalue weighted by atomic mass is 9.72. The summed E-state index contributed by atoms with van der Waals surface area (Å²) >= 11 is 0. The Bertz CT molecular complexity index is 1840. The summed E-state index contributed by atoms with van der Waals surface area (Å²) in [6.07, 6.45) is -16.7. The van der Waals surface area contributed by atoms with Gasteiger partial charge in [-0.1, -0.05) is 26.0 Å². The maximum Gasteiger partial charge on any atom is 0.417 e. The van der Waals surface area contributed by atoms with E-state index in [1.807, 2.05) is 13.8 Å². The minimum absolute atomic E-state index is 0.0274. The fraction of sp³-hybridized carbons (Fsp3) is 0.371. The minimum atomic E-state index is -5.13. The van der Waals surface area contributed by atoms with Crippen molar-refractivity contribution in [3.63, 3.8) is 0 Å². The van der Waals surface area contributed by atoms with Crippen LogP contribution in [0.4, 0.5) is 48.7 Å². The number of halogens is 10. The van der Waals surface area contributed by atoms with Gasteiger partial charge in [0.05, 0.1) is 22.7 Å². The molecule has 2 amide bonds. The van der Waals surface area contributed by atoms with Crippen LogP contribution in [0, 0.1) is 11.2 Å². The van der Waals surface area contributed by atoms with Gasteiger partial charge in [-0.2, -0.15) is 39.5 Å². The number of ether oxygens (including phenoxy) is 1. The Morgan fingerprint density at radius 2 is 1.50 bits per heavy atom. The van der Waals surface area contributed by atoms with E-state index in [2.05, 4.69) is 0 Å². The molecule has 2 aliphatic rings. The summed E-state index contributed by atoms with van der Waals surface area (Å²) in [7, 11) is 0. The van der Waals surface area contributed by atoms with Gasteiger partial charge in [-0.3, -0.25) is 9.69 Å². The monoisotopic (exact) mass is 716 g/mol. The topological polar surface area (TPSA) is 72.6 Å². The quantitative estimate of drug-likeness (QED) is 0.258. The minimum Gasteiger partial charge on any atom is -0.439 e. The van der Waals surface area contributed by atoms with Crippen molar-refractivity contribution in [2.45, 2.75) is 70.7 Å². The van der Waals surface area contributed by atoms with Gasteiger partial charge in [0.25, 0.3) is 0 Å². The average Bonchev–Trinajstić information content (AvgIpc) is 3.28. The van der Waals surface area contributed by atoms with Gasteiger partial charge in [0.15, 0.2) is 0 Å². The standard InChI is InChI=1S/C35H30F10N2O3/c1-17-29(20-10-22(33(37,38)39)14-23(11-20)34(40,41)42)50-31(49)47(17)16-21-15-32(2,3)9-8-24(21)26-12-18(5-7-28(26)36)25-6-4-19(30(46)48)13-27(25)35(43,44)45/h4-7,10-14,17,29H,8-9,15-16H2,1-3H3,(H2,46,48)/t17-,29-/m0/s1. The van der Waals surface area contributed by atoms with Gasteiger partial charge in [-0.05, 0) is 102 Å². The maximum atomic E-state index is 15.6. The number of cyclic esters (lactones) is 1. The van der Waals surface area contributed by atoms with E-state index in [4.69, 9.17) is 10.5 Å². The number of hydrogen-bond donors (Lipinski definition) is 1. The Morgan fingerprint density at radius 3 is 2.06 bits per heavy atom. The molecule has 2 atom stereocenters. The third kappa shape index (κ3) is 7.46. The van der Waals surface area contributed by atoms with Gasteiger partial charge >= 0.3 is 24.6 Å². The van der Waals surface area contributed by atoms with Crippen molar-refractivity contribution >= 4 is 17.6 Å². The van der Waals surface area contributed by atoms with E-state index in [9.17, 15) is 49.1 Å². The normalized spacial score (nSPS) is 19.9. The largest absolute Gasteiger partial charge is 0.439 e. The summed E-state index contributed by atoms with van der Waals surface area (Å²) in [5.41, 5.74) is 0.0134. The van der Waals surface area contributed by atoms with E-state index in [1.165, 1.54) is 13.0 Å². The number of primary amides is 1. The number of carbonyl (C=O) groups excluding carboxylic acids is 2.